The minimum atomic E-state index is -5.17. The third-order valence-electron chi connectivity index (χ3n) is 5.15. The third-order valence-corrected chi connectivity index (χ3v) is 5.62. The van der Waals surface area contributed by atoms with Crippen LogP contribution in [0.5, 0.6) is 0 Å². The highest BCUT2D eigenvalue weighted by Gasteiger charge is 2.52. The summed E-state index contributed by atoms with van der Waals surface area (Å²) in [6.45, 7) is -2.57. The maximum Gasteiger partial charge on any atom is 0.397 e. The minimum absolute atomic E-state index is 0.308. The molecule has 0 bridgehead atoms. The van der Waals surface area contributed by atoms with Crippen LogP contribution in [0.25, 0.3) is 0 Å². The number of nitrogens with one attached hydrogen (secondary N) is 1. The van der Waals surface area contributed by atoms with E-state index in [4.69, 9.17) is 28.6 Å². The number of hydrogen-bond acceptors (Lipinski definition) is 15. The van der Waals surface area contributed by atoms with Gasteiger partial charge in [-0.3, -0.25) is 9.35 Å². The lowest BCUT2D eigenvalue weighted by molar-refractivity contribution is -0.358. The van der Waals surface area contributed by atoms with Crippen LogP contribution in [0.1, 0.15) is 0 Å². The molecule has 0 aromatic heterocycles. The van der Waals surface area contributed by atoms with Crippen molar-refractivity contribution in [2.45, 2.75) is 67.5 Å². The van der Waals surface area contributed by atoms with Crippen molar-refractivity contribution < 1.29 is 76.6 Å². The van der Waals surface area contributed by atoms with Crippen LogP contribution in [0.4, 0.5) is 0 Å². The van der Waals surface area contributed by atoms with Crippen LogP contribution >= 0.6 is 0 Å². The smallest absolute Gasteiger partial charge is 0.394 e. The number of ether oxygens (including phenoxy) is 4. The average Bonchev–Trinajstić information content (AvgIpc) is 2.79. The maximum absolute atomic E-state index is 11.1. The zero-order valence-electron chi connectivity index (χ0n) is 17.5. The fourth-order valence-electron chi connectivity index (χ4n) is 3.39. The molecule has 9 N–H and O–H groups in total. The van der Waals surface area contributed by atoms with E-state index in [1.165, 1.54) is 0 Å². The van der Waals surface area contributed by atoms with Gasteiger partial charge in [0.2, 0.25) is 6.41 Å². The normalized spacial score (nSPS) is 40.0. The molecule has 0 spiro atoms. The number of carbonyl (C=O) groups excluding carboxylic acids is 1. The first kappa shape index (κ1) is 29.1. The van der Waals surface area contributed by atoms with Crippen LogP contribution < -0.4 is 5.32 Å². The summed E-state index contributed by atoms with van der Waals surface area (Å²) in [5.74, 6) is 0. The SMILES string of the molecule is O=CN[C@H](CO)CO[C@@H]1O[C@H](CO)[C@H](O[C@H]2O[C@H](CO)[C@H](O)[C@H](OS(=O)(=O)O)[C@H]2O)[C@H](O)[C@H]1O. The number of hydrogen-bond donors (Lipinski definition) is 9. The number of amides is 1. The second-order valence-corrected chi connectivity index (χ2v) is 8.55. The molecule has 2 heterocycles. The maximum atomic E-state index is 11.1. The van der Waals surface area contributed by atoms with Crippen molar-refractivity contribution in [1.82, 2.24) is 5.32 Å². The monoisotopic (exact) mass is 523 g/mol. The third kappa shape index (κ3) is 7.21. The second kappa shape index (κ2) is 12.7. The van der Waals surface area contributed by atoms with Crippen LogP contribution in [0.15, 0.2) is 0 Å². The van der Waals surface area contributed by atoms with Gasteiger partial charge >= 0.3 is 10.4 Å². The first-order valence-electron chi connectivity index (χ1n) is 9.95. The molecule has 0 aliphatic carbocycles. The predicted molar refractivity (Wildman–Crippen MR) is 103 cm³/mol. The Bertz CT molecular complexity index is 739. The molecule has 17 nitrogen and oxygen atoms in total. The molecule has 18 heteroatoms. The molecule has 0 aromatic carbocycles. The van der Waals surface area contributed by atoms with Gasteiger partial charge in [0.15, 0.2) is 12.6 Å². The van der Waals surface area contributed by atoms with Gasteiger partial charge in [0.1, 0.15) is 48.8 Å². The highest BCUT2D eigenvalue weighted by atomic mass is 32.3. The zero-order valence-corrected chi connectivity index (χ0v) is 18.3. The Balaban J connectivity index is 2.14. The standard InChI is InChI=1S/C16H29NO16S/c18-1-6(17-5-21)4-29-15-11(24)10(23)13(8(3-20)31-15)32-16-12(25)14(33-34(26,27)28)9(22)7(2-19)30-16/h5-16,18-20,22-25H,1-4H2,(H,17,21)(H,26,27,28)/t6-,7-,8-,9+,10-,11-,12-,13+,14+,15-,16-/m1/s1. The van der Waals surface area contributed by atoms with Gasteiger partial charge in [-0.2, -0.15) is 8.42 Å². The Morgan fingerprint density at radius 1 is 0.882 bits per heavy atom. The summed E-state index contributed by atoms with van der Waals surface area (Å²) >= 11 is 0. The summed E-state index contributed by atoms with van der Waals surface area (Å²) in [5.41, 5.74) is 0. The molecule has 11 atom stereocenters. The Hall–Kier alpha value is -1.10. The van der Waals surface area contributed by atoms with Gasteiger partial charge in [-0.15, -0.1) is 0 Å². The fraction of sp³-hybridized carbons (Fsp3) is 0.938. The number of aliphatic hydroxyl groups is 7. The van der Waals surface area contributed by atoms with E-state index >= 15 is 0 Å². The minimum Gasteiger partial charge on any atom is -0.394 e. The van der Waals surface area contributed by atoms with Crippen molar-refractivity contribution in [3.8, 4) is 0 Å². The predicted octanol–water partition coefficient (Wildman–Crippen LogP) is -6.44. The van der Waals surface area contributed by atoms with Crippen molar-refractivity contribution in [2.24, 2.45) is 0 Å². The molecular formula is C16H29NO16S. The van der Waals surface area contributed by atoms with Crippen LogP contribution in [0.3, 0.4) is 0 Å². The van der Waals surface area contributed by atoms with E-state index in [9.17, 15) is 43.9 Å². The lowest BCUT2D eigenvalue weighted by atomic mass is 9.97. The first-order valence-corrected chi connectivity index (χ1v) is 11.3. The average molecular weight is 523 g/mol. The molecule has 2 saturated heterocycles. The van der Waals surface area contributed by atoms with Gasteiger partial charge in [-0.1, -0.05) is 0 Å². The summed E-state index contributed by atoms with van der Waals surface area (Å²) in [7, 11) is -5.17. The topological polar surface area (TPSA) is 271 Å². The van der Waals surface area contributed by atoms with E-state index in [1.54, 1.807) is 0 Å². The second-order valence-electron chi connectivity index (χ2n) is 7.50. The van der Waals surface area contributed by atoms with Gasteiger partial charge < -0.3 is 60.0 Å². The summed E-state index contributed by atoms with van der Waals surface area (Å²) < 4.78 is 56.5. The lowest BCUT2D eigenvalue weighted by Crippen LogP contribution is -2.65. The van der Waals surface area contributed by atoms with Crippen molar-refractivity contribution >= 4 is 16.8 Å². The van der Waals surface area contributed by atoms with Crippen LogP contribution in [0, 0.1) is 0 Å². The van der Waals surface area contributed by atoms with Crippen molar-refractivity contribution in [1.29, 1.82) is 0 Å². The van der Waals surface area contributed by atoms with Gasteiger partial charge in [0.25, 0.3) is 0 Å². The van der Waals surface area contributed by atoms with Crippen LogP contribution in [-0.2, 0) is 38.3 Å². The Morgan fingerprint density at radius 3 is 2.03 bits per heavy atom. The molecule has 34 heavy (non-hydrogen) atoms. The van der Waals surface area contributed by atoms with E-state index in [1.807, 2.05) is 0 Å². The fourth-order valence-corrected chi connectivity index (χ4v) is 3.90. The number of carbonyl (C=O) groups is 1. The molecule has 1 amide bonds. The molecule has 0 radical (unpaired) electrons. The van der Waals surface area contributed by atoms with E-state index in [0.717, 1.165) is 0 Å². The molecule has 200 valence electrons. The Morgan fingerprint density at radius 2 is 1.50 bits per heavy atom. The van der Waals surface area contributed by atoms with Crippen molar-refractivity contribution in [3.05, 3.63) is 0 Å². The Labute approximate surface area is 193 Å². The molecule has 2 fully saturated rings. The summed E-state index contributed by atoms with van der Waals surface area (Å²) in [6, 6.07) is -0.862. The van der Waals surface area contributed by atoms with Gasteiger partial charge in [0, 0.05) is 0 Å². The van der Waals surface area contributed by atoms with Gasteiger partial charge in [-0.05, 0) is 0 Å². The molecule has 2 aliphatic rings. The van der Waals surface area contributed by atoms with E-state index in [0.29, 0.717) is 6.41 Å². The quantitative estimate of drug-likeness (QED) is 0.0849. The highest BCUT2D eigenvalue weighted by Crippen LogP contribution is 2.30. The van der Waals surface area contributed by atoms with Crippen molar-refractivity contribution in [3.63, 3.8) is 0 Å². The van der Waals surface area contributed by atoms with Crippen LogP contribution in [-0.4, -0.2) is 149 Å². The van der Waals surface area contributed by atoms with Crippen molar-refractivity contribution in [2.75, 3.05) is 26.4 Å². The van der Waals surface area contributed by atoms with Gasteiger partial charge in [0.05, 0.1) is 32.5 Å². The van der Waals surface area contributed by atoms with E-state index < -0.39 is 97.7 Å². The zero-order chi connectivity index (χ0) is 25.6. The molecule has 0 saturated carbocycles. The van der Waals surface area contributed by atoms with Gasteiger partial charge in [-0.25, -0.2) is 4.18 Å². The highest BCUT2D eigenvalue weighted by molar-refractivity contribution is 7.80. The van der Waals surface area contributed by atoms with Crippen LogP contribution in [0.2, 0.25) is 0 Å². The number of rotatable bonds is 12. The lowest BCUT2D eigenvalue weighted by Gasteiger charge is -2.46. The molecule has 2 rings (SSSR count). The molecule has 2 aliphatic heterocycles. The summed E-state index contributed by atoms with van der Waals surface area (Å²) in [5, 5.41) is 71.7. The summed E-state index contributed by atoms with van der Waals surface area (Å²) in [6.07, 6.45) is -17.5. The van der Waals surface area contributed by atoms with E-state index in [-0.39, 0.29) is 6.61 Å². The Kier molecular flexibility index (Phi) is 10.9. The summed E-state index contributed by atoms with van der Waals surface area (Å²) in [4.78, 5) is 10.5. The molecular weight excluding hydrogens is 494 g/mol. The largest absolute Gasteiger partial charge is 0.397 e. The molecule has 0 unspecified atom stereocenters. The first-order chi connectivity index (χ1) is 16.0. The number of aliphatic hydroxyl groups excluding tert-OH is 7. The van der Waals surface area contributed by atoms with E-state index in [2.05, 4.69) is 9.50 Å². The molecule has 0 aromatic rings.